The predicted octanol–water partition coefficient (Wildman–Crippen LogP) is 3.87. The van der Waals surface area contributed by atoms with E-state index in [9.17, 15) is 14.4 Å². The molecule has 3 aromatic carbocycles. The highest BCUT2D eigenvalue weighted by Gasteiger charge is 2.11. The van der Waals surface area contributed by atoms with Crippen molar-refractivity contribution in [3.05, 3.63) is 110 Å². The van der Waals surface area contributed by atoms with Crippen molar-refractivity contribution in [2.45, 2.75) is 13.0 Å². The van der Waals surface area contributed by atoms with Gasteiger partial charge in [-0.1, -0.05) is 42.5 Å². The van der Waals surface area contributed by atoms with Gasteiger partial charge in [0.15, 0.2) is 4.77 Å². The quantitative estimate of drug-likeness (QED) is 0.314. The lowest BCUT2D eigenvalue weighted by molar-refractivity contribution is 0.0600. The summed E-state index contributed by atoms with van der Waals surface area (Å²) in [7, 11) is 1.30. The average molecular weight is 474 g/mol. The third-order valence-corrected chi connectivity index (χ3v) is 5.82. The fraction of sp³-hybridized carbons (Fsp3) is 0.154. The van der Waals surface area contributed by atoms with Crippen molar-refractivity contribution in [2.24, 2.45) is 0 Å². The van der Waals surface area contributed by atoms with Gasteiger partial charge in [-0.2, -0.15) is 0 Å². The van der Waals surface area contributed by atoms with Crippen LogP contribution in [0, 0.1) is 4.77 Å². The lowest BCUT2D eigenvalue weighted by Crippen LogP contribution is -2.26. The minimum atomic E-state index is -0.491. The smallest absolute Gasteiger partial charge is 0.337 e. The number of nitrogens with one attached hydrogen (secondary N) is 2. The summed E-state index contributed by atoms with van der Waals surface area (Å²) in [4.78, 5) is 40.2. The molecule has 4 aromatic rings. The zero-order valence-electron chi connectivity index (χ0n) is 18.5. The molecule has 0 bridgehead atoms. The molecule has 0 fully saturated rings. The van der Waals surface area contributed by atoms with E-state index in [0.29, 0.717) is 28.6 Å². The Morgan fingerprint density at radius 2 is 1.68 bits per heavy atom. The van der Waals surface area contributed by atoms with Crippen LogP contribution in [0.5, 0.6) is 0 Å². The van der Waals surface area contributed by atoms with Crippen LogP contribution in [-0.2, 0) is 17.7 Å². The van der Waals surface area contributed by atoms with Gasteiger partial charge >= 0.3 is 5.97 Å². The van der Waals surface area contributed by atoms with E-state index in [2.05, 4.69) is 10.3 Å². The van der Waals surface area contributed by atoms with E-state index in [-0.39, 0.29) is 22.8 Å². The Hall–Kier alpha value is -4.04. The molecule has 0 saturated heterocycles. The number of aromatic amines is 1. The lowest BCUT2D eigenvalue weighted by atomic mass is 10.1. The van der Waals surface area contributed by atoms with Gasteiger partial charge in [-0.15, -0.1) is 0 Å². The molecule has 0 aliphatic heterocycles. The molecule has 1 aromatic heterocycles. The third-order valence-electron chi connectivity index (χ3n) is 5.50. The average Bonchev–Trinajstić information content (AvgIpc) is 2.86. The number of amides is 1. The summed E-state index contributed by atoms with van der Waals surface area (Å²) in [6.07, 6.45) is 0.759. The molecule has 8 heteroatoms. The van der Waals surface area contributed by atoms with Crippen molar-refractivity contribution in [3.63, 3.8) is 0 Å². The summed E-state index contributed by atoms with van der Waals surface area (Å²) in [6, 6.07) is 21.7. The van der Waals surface area contributed by atoms with E-state index in [1.165, 1.54) is 11.7 Å². The van der Waals surface area contributed by atoms with Gasteiger partial charge in [-0.3, -0.25) is 14.2 Å². The Balaban J connectivity index is 1.47. The molecule has 2 N–H and O–H groups in total. The Kier molecular flexibility index (Phi) is 6.98. The van der Waals surface area contributed by atoms with Gasteiger partial charge in [0.2, 0.25) is 0 Å². The van der Waals surface area contributed by atoms with Gasteiger partial charge in [-0.25, -0.2) is 4.79 Å². The highest BCUT2D eigenvalue weighted by Crippen LogP contribution is 2.13. The molecular formula is C26H23N3O4S. The predicted molar refractivity (Wildman–Crippen MR) is 133 cm³/mol. The number of hydrogen-bond donors (Lipinski definition) is 2. The molecule has 1 amide bonds. The standard InChI is InChI=1S/C26H23N3O4S/c1-33-25(32)20-11-12-21-22(15-20)28-26(34)29(24(21)31)16-18-7-9-19(10-8-18)23(30)27-14-13-17-5-3-2-4-6-17/h2-12,15H,13-14,16H2,1H3,(H,27,30)(H,28,34). The molecule has 34 heavy (non-hydrogen) atoms. The number of hydrogen-bond acceptors (Lipinski definition) is 5. The number of carbonyl (C=O) groups is 2. The highest BCUT2D eigenvalue weighted by molar-refractivity contribution is 7.71. The van der Waals surface area contributed by atoms with Crippen LogP contribution in [0.25, 0.3) is 10.9 Å². The molecule has 7 nitrogen and oxygen atoms in total. The number of aromatic nitrogens is 2. The minimum Gasteiger partial charge on any atom is -0.465 e. The van der Waals surface area contributed by atoms with E-state index >= 15 is 0 Å². The molecule has 0 radical (unpaired) electrons. The van der Waals surface area contributed by atoms with Crippen LogP contribution < -0.4 is 10.9 Å². The SMILES string of the molecule is COC(=O)c1ccc2c(=O)n(Cc3ccc(C(=O)NCCc4ccccc4)cc3)c(=S)[nH]c2c1. The number of methoxy groups -OCH3 is 1. The van der Waals surface area contributed by atoms with Crippen molar-refractivity contribution in [1.82, 2.24) is 14.9 Å². The van der Waals surface area contributed by atoms with Crippen molar-refractivity contribution >= 4 is 35.0 Å². The Labute approximate surface area is 201 Å². The first-order valence-corrected chi connectivity index (χ1v) is 11.1. The second-order valence-electron chi connectivity index (χ2n) is 7.76. The first kappa shape index (κ1) is 23.1. The number of esters is 1. The third kappa shape index (κ3) is 5.13. The Morgan fingerprint density at radius 1 is 0.971 bits per heavy atom. The number of ether oxygens (including phenoxy) is 1. The van der Waals surface area contributed by atoms with Crippen LogP contribution in [0.4, 0.5) is 0 Å². The Morgan fingerprint density at radius 3 is 2.38 bits per heavy atom. The first-order valence-electron chi connectivity index (χ1n) is 10.7. The van der Waals surface area contributed by atoms with Gasteiger partial charge in [0.25, 0.3) is 11.5 Å². The molecule has 0 spiro atoms. The maximum atomic E-state index is 13.0. The van der Waals surface area contributed by atoms with Crippen LogP contribution in [0.3, 0.4) is 0 Å². The van der Waals surface area contributed by atoms with E-state index in [0.717, 1.165) is 17.5 Å². The molecular weight excluding hydrogens is 450 g/mol. The van der Waals surface area contributed by atoms with E-state index < -0.39 is 5.97 Å². The summed E-state index contributed by atoms with van der Waals surface area (Å²) in [5, 5.41) is 3.34. The van der Waals surface area contributed by atoms with Gasteiger partial charge in [0.05, 0.1) is 30.1 Å². The zero-order chi connectivity index (χ0) is 24.1. The zero-order valence-corrected chi connectivity index (χ0v) is 19.4. The summed E-state index contributed by atoms with van der Waals surface area (Å²) >= 11 is 5.39. The molecule has 172 valence electrons. The molecule has 4 rings (SSSR count). The second kappa shape index (κ2) is 10.3. The number of fused-ring (bicyclic) bond motifs is 1. The summed E-state index contributed by atoms with van der Waals surface area (Å²) < 4.78 is 6.41. The summed E-state index contributed by atoms with van der Waals surface area (Å²) in [5.74, 6) is -0.640. The fourth-order valence-electron chi connectivity index (χ4n) is 3.65. The topological polar surface area (TPSA) is 93.2 Å². The molecule has 0 saturated carbocycles. The number of rotatable bonds is 7. The van der Waals surface area contributed by atoms with Crippen LogP contribution in [0.1, 0.15) is 31.8 Å². The van der Waals surface area contributed by atoms with Crippen LogP contribution >= 0.6 is 12.2 Å². The Bertz CT molecular complexity index is 1460. The van der Waals surface area contributed by atoms with Crippen LogP contribution in [0.2, 0.25) is 0 Å². The minimum absolute atomic E-state index is 0.149. The maximum absolute atomic E-state index is 13.0. The summed E-state index contributed by atoms with van der Waals surface area (Å²) in [6.45, 7) is 0.794. The van der Waals surface area contributed by atoms with Gasteiger partial charge in [0.1, 0.15) is 0 Å². The number of benzene rings is 3. The number of carbonyl (C=O) groups excluding carboxylic acids is 2. The number of H-pyrrole nitrogens is 1. The van der Waals surface area contributed by atoms with Crippen LogP contribution in [-0.4, -0.2) is 35.1 Å². The highest BCUT2D eigenvalue weighted by atomic mass is 32.1. The first-order chi connectivity index (χ1) is 16.5. The van der Waals surface area contributed by atoms with Crippen molar-refractivity contribution < 1.29 is 14.3 Å². The summed E-state index contributed by atoms with van der Waals surface area (Å²) in [5.41, 5.74) is 3.07. The molecule has 0 unspecified atom stereocenters. The second-order valence-corrected chi connectivity index (χ2v) is 8.15. The van der Waals surface area contributed by atoms with Crippen LogP contribution in [0.15, 0.2) is 77.6 Å². The van der Waals surface area contributed by atoms with Crippen molar-refractivity contribution in [1.29, 1.82) is 0 Å². The van der Waals surface area contributed by atoms with Gasteiger partial charge < -0.3 is 15.0 Å². The van der Waals surface area contributed by atoms with Crippen molar-refractivity contribution in [2.75, 3.05) is 13.7 Å². The molecule has 0 atom stereocenters. The lowest BCUT2D eigenvalue weighted by Gasteiger charge is -2.10. The van der Waals surface area contributed by atoms with E-state index in [1.54, 1.807) is 42.5 Å². The van der Waals surface area contributed by atoms with Gasteiger partial charge in [0, 0.05) is 12.1 Å². The molecule has 0 aliphatic rings. The molecule has 1 heterocycles. The van der Waals surface area contributed by atoms with E-state index in [4.69, 9.17) is 17.0 Å². The largest absolute Gasteiger partial charge is 0.465 e. The van der Waals surface area contributed by atoms with Crippen molar-refractivity contribution in [3.8, 4) is 0 Å². The maximum Gasteiger partial charge on any atom is 0.337 e. The van der Waals surface area contributed by atoms with Gasteiger partial charge in [-0.05, 0) is 60.1 Å². The molecule has 0 aliphatic carbocycles. The normalized spacial score (nSPS) is 10.7. The monoisotopic (exact) mass is 473 g/mol. The fourth-order valence-corrected chi connectivity index (χ4v) is 3.91. The number of nitrogens with zero attached hydrogens (tertiary/aromatic N) is 1. The van der Waals surface area contributed by atoms with E-state index in [1.807, 2.05) is 30.3 Å².